The minimum atomic E-state index is -0.542. The van der Waals surface area contributed by atoms with Crippen LogP contribution in [-0.4, -0.2) is 5.71 Å². The molecular formula is C52H35NO. The maximum absolute atomic E-state index is 6.64. The number of nitrogens with zero attached hydrogens (tertiary/aromatic N) is 1. The molecule has 11 rings (SSSR count). The third kappa shape index (κ3) is 4.56. The van der Waals surface area contributed by atoms with Crippen molar-refractivity contribution in [2.75, 3.05) is 0 Å². The molecule has 0 radical (unpaired) electrons. The minimum Gasteiger partial charge on any atom is -0.457 e. The lowest BCUT2D eigenvalue weighted by Gasteiger charge is -2.40. The Bertz CT molecular complexity index is 2800. The number of fused-ring (bicyclic) bond motifs is 12. The quantitative estimate of drug-likeness (QED) is 0.181. The fourth-order valence-corrected chi connectivity index (χ4v) is 9.28. The van der Waals surface area contributed by atoms with Gasteiger partial charge >= 0.3 is 0 Å². The molecule has 8 aromatic rings. The van der Waals surface area contributed by atoms with Crippen molar-refractivity contribution in [2.45, 2.75) is 18.3 Å². The van der Waals surface area contributed by atoms with Gasteiger partial charge in [-0.2, -0.15) is 0 Å². The van der Waals surface area contributed by atoms with Gasteiger partial charge in [0.05, 0.1) is 11.1 Å². The van der Waals surface area contributed by atoms with E-state index < -0.39 is 5.41 Å². The third-order valence-electron chi connectivity index (χ3n) is 11.6. The van der Waals surface area contributed by atoms with Gasteiger partial charge in [-0.3, -0.25) is 4.99 Å². The average molecular weight is 690 g/mol. The van der Waals surface area contributed by atoms with Gasteiger partial charge in [0.15, 0.2) is 0 Å². The molecule has 0 atom stereocenters. The predicted octanol–water partition coefficient (Wildman–Crippen LogP) is 13.3. The largest absolute Gasteiger partial charge is 0.457 e. The molecule has 0 saturated carbocycles. The van der Waals surface area contributed by atoms with E-state index in [2.05, 4.69) is 188 Å². The summed E-state index contributed by atoms with van der Waals surface area (Å²) in [5.74, 6) is 1.81. The number of hydrogen-bond donors (Lipinski definition) is 0. The number of ether oxygens (including phenoxy) is 1. The van der Waals surface area contributed by atoms with Gasteiger partial charge in [-0.1, -0.05) is 164 Å². The Balaban J connectivity index is 1.05. The molecule has 0 bridgehead atoms. The van der Waals surface area contributed by atoms with Crippen LogP contribution in [0.15, 0.2) is 193 Å². The van der Waals surface area contributed by atoms with Crippen molar-refractivity contribution in [3.05, 3.63) is 227 Å². The normalized spacial score (nSPS) is 14.7. The molecule has 2 nitrogen and oxygen atoms in total. The summed E-state index contributed by atoms with van der Waals surface area (Å²) < 4.78 is 6.64. The standard InChI is InChI=1S/C52H35NO/c1-2-13-35(14-3-1)39-18-12-22-47(53-48-21-9-6-17-42(39)48)37-27-25-34(26-28-37)38-30-31-41-43-32-29-36-15-4-5-16-40(36)51(43)52(46(41)33-38)44-19-7-10-23-49(44)54-50-24-11-8-20-45(50)52/h1-11,13-21,23-33H,12,22H2. The van der Waals surface area contributed by atoms with Crippen molar-refractivity contribution in [1.82, 2.24) is 0 Å². The summed E-state index contributed by atoms with van der Waals surface area (Å²) in [6.07, 6.45) is 4.18. The van der Waals surface area contributed by atoms with E-state index in [0.717, 1.165) is 41.3 Å². The number of para-hydroxylation sites is 3. The van der Waals surface area contributed by atoms with Crippen molar-refractivity contribution in [3.8, 4) is 33.8 Å². The highest BCUT2D eigenvalue weighted by atomic mass is 16.5. The highest BCUT2D eigenvalue weighted by Gasteiger charge is 2.52. The first-order chi connectivity index (χ1) is 26.8. The lowest BCUT2D eigenvalue weighted by molar-refractivity contribution is 0.437. The first kappa shape index (κ1) is 30.8. The molecular weight excluding hydrogens is 655 g/mol. The van der Waals surface area contributed by atoms with Crippen LogP contribution in [0.1, 0.15) is 51.8 Å². The lowest BCUT2D eigenvalue weighted by atomic mass is 9.65. The van der Waals surface area contributed by atoms with E-state index in [4.69, 9.17) is 9.73 Å². The summed E-state index contributed by atoms with van der Waals surface area (Å²) in [4.78, 5) is 5.31. The van der Waals surface area contributed by atoms with Crippen LogP contribution in [0.2, 0.25) is 0 Å². The SMILES string of the molecule is C1=C(c2ccccc2)c2ccccc2N=C(c2ccc(-c3ccc4c(c3)C3(c5ccccc5Oc5ccccc53)c3c-4ccc4ccccc34)cc2)CC1. The van der Waals surface area contributed by atoms with Crippen molar-refractivity contribution in [2.24, 2.45) is 4.99 Å². The van der Waals surface area contributed by atoms with Gasteiger partial charge in [0.2, 0.25) is 0 Å². The van der Waals surface area contributed by atoms with E-state index >= 15 is 0 Å². The third-order valence-corrected chi connectivity index (χ3v) is 11.6. The van der Waals surface area contributed by atoms with E-state index in [9.17, 15) is 0 Å². The Morgan fingerprint density at radius 1 is 0.463 bits per heavy atom. The van der Waals surface area contributed by atoms with E-state index in [1.807, 2.05) is 0 Å². The second kappa shape index (κ2) is 12.1. The van der Waals surface area contributed by atoms with Crippen LogP contribution in [0.3, 0.4) is 0 Å². The zero-order valence-corrected chi connectivity index (χ0v) is 29.7. The lowest BCUT2D eigenvalue weighted by Crippen LogP contribution is -2.32. The number of allylic oxidation sites excluding steroid dienone is 1. The van der Waals surface area contributed by atoms with Gasteiger partial charge in [0.25, 0.3) is 0 Å². The summed E-state index contributed by atoms with van der Waals surface area (Å²) in [7, 11) is 0. The maximum Gasteiger partial charge on any atom is 0.132 e. The first-order valence-electron chi connectivity index (χ1n) is 18.8. The van der Waals surface area contributed by atoms with Gasteiger partial charge in [0.1, 0.15) is 11.5 Å². The Morgan fingerprint density at radius 2 is 1.11 bits per heavy atom. The monoisotopic (exact) mass is 689 g/mol. The van der Waals surface area contributed by atoms with Crippen molar-refractivity contribution in [1.29, 1.82) is 0 Å². The molecule has 2 heteroatoms. The Morgan fingerprint density at radius 3 is 1.93 bits per heavy atom. The fourth-order valence-electron chi connectivity index (χ4n) is 9.28. The smallest absolute Gasteiger partial charge is 0.132 e. The molecule has 1 spiro atoms. The molecule has 2 aliphatic heterocycles. The van der Waals surface area contributed by atoms with Gasteiger partial charge < -0.3 is 4.74 Å². The Labute approximate surface area is 315 Å². The van der Waals surface area contributed by atoms with Crippen molar-refractivity contribution in [3.63, 3.8) is 0 Å². The second-order valence-corrected chi connectivity index (χ2v) is 14.5. The van der Waals surface area contributed by atoms with Crippen LogP contribution in [0, 0.1) is 0 Å². The topological polar surface area (TPSA) is 21.6 Å². The van der Waals surface area contributed by atoms with E-state index in [-0.39, 0.29) is 0 Å². The molecule has 0 fully saturated rings. The molecule has 0 amide bonds. The molecule has 54 heavy (non-hydrogen) atoms. The van der Waals surface area contributed by atoms with Crippen LogP contribution in [0.25, 0.3) is 38.6 Å². The molecule has 254 valence electrons. The second-order valence-electron chi connectivity index (χ2n) is 14.5. The summed E-state index contributed by atoms with van der Waals surface area (Å²) in [6.45, 7) is 0. The van der Waals surface area contributed by atoms with Gasteiger partial charge in [-0.25, -0.2) is 0 Å². The van der Waals surface area contributed by atoms with Gasteiger partial charge in [-0.05, 0) is 98.0 Å². The summed E-state index contributed by atoms with van der Waals surface area (Å²) >= 11 is 0. The Hall–Kier alpha value is -6.77. The average Bonchev–Trinajstić information content (AvgIpc) is 3.52. The van der Waals surface area contributed by atoms with Crippen molar-refractivity contribution < 1.29 is 4.74 Å². The molecule has 2 heterocycles. The number of hydrogen-bond acceptors (Lipinski definition) is 2. The fraction of sp³-hybridized carbons (Fsp3) is 0.0577. The highest BCUT2D eigenvalue weighted by molar-refractivity contribution is 6.05. The molecule has 0 unspecified atom stereocenters. The van der Waals surface area contributed by atoms with E-state index in [1.54, 1.807) is 0 Å². The number of rotatable bonds is 3. The van der Waals surface area contributed by atoms with E-state index in [1.165, 1.54) is 72.0 Å². The molecule has 1 aliphatic carbocycles. The molecule has 8 aromatic carbocycles. The zero-order valence-electron chi connectivity index (χ0n) is 29.7. The molecule has 0 saturated heterocycles. The minimum absolute atomic E-state index is 0.542. The van der Waals surface area contributed by atoms with Crippen LogP contribution in [0.4, 0.5) is 5.69 Å². The Kier molecular flexibility index (Phi) is 6.93. The molecule has 3 aliphatic rings. The van der Waals surface area contributed by atoms with Crippen LogP contribution >= 0.6 is 0 Å². The van der Waals surface area contributed by atoms with Crippen LogP contribution in [-0.2, 0) is 5.41 Å². The van der Waals surface area contributed by atoms with E-state index in [0.29, 0.717) is 0 Å². The highest BCUT2D eigenvalue weighted by Crippen LogP contribution is 2.63. The zero-order chi connectivity index (χ0) is 35.6. The van der Waals surface area contributed by atoms with Crippen LogP contribution in [0.5, 0.6) is 11.5 Å². The predicted molar refractivity (Wildman–Crippen MR) is 222 cm³/mol. The molecule has 0 N–H and O–H groups in total. The van der Waals surface area contributed by atoms with Gasteiger partial charge in [0, 0.05) is 22.4 Å². The summed E-state index contributed by atoms with van der Waals surface area (Å²) in [6, 6.07) is 66.0. The molecule has 0 aromatic heterocycles. The summed E-state index contributed by atoms with van der Waals surface area (Å²) in [5, 5.41) is 2.52. The maximum atomic E-state index is 6.64. The number of benzene rings is 8. The van der Waals surface area contributed by atoms with Gasteiger partial charge in [-0.15, -0.1) is 0 Å². The number of aliphatic imine (C=N–C) groups is 1. The summed E-state index contributed by atoms with van der Waals surface area (Å²) in [5.41, 5.74) is 16.3. The first-order valence-corrected chi connectivity index (χ1v) is 18.8. The van der Waals surface area contributed by atoms with Crippen LogP contribution < -0.4 is 4.74 Å². The van der Waals surface area contributed by atoms with Crippen molar-refractivity contribution >= 4 is 27.7 Å².